The number of anilines is 1. The molecule has 78 valence electrons. The first-order chi connectivity index (χ1) is 6.65. The molecule has 0 atom stereocenters. The van der Waals surface area contributed by atoms with Gasteiger partial charge in [0, 0.05) is 23.3 Å². The summed E-state index contributed by atoms with van der Waals surface area (Å²) >= 11 is 3.36. The molecule has 0 aliphatic heterocycles. The zero-order chi connectivity index (χ0) is 11.1. The molecule has 0 aliphatic rings. The van der Waals surface area contributed by atoms with E-state index in [1.54, 1.807) is 6.20 Å². The van der Waals surface area contributed by atoms with Gasteiger partial charge in [-0.25, -0.2) is 4.98 Å². The normalized spacial score (nSPS) is 8.64. The van der Waals surface area contributed by atoms with Crippen LogP contribution in [0.1, 0.15) is 26.3 Å². The molecule has 1 aromatic rings. The van der Waals surface area contributed by atoms with Crippen molar-refractivity contribution in [2.24, 2.45) is 0 Å². The summed E-state index contributed by atoms with van der Waals surface area (Å²) < 4.78 is 0.972. The molecule has 14 heavy (non-hydrogen) atoms. The summed E-state index contributed by atoms with van der Waals surface area (Å²) in [6.07, 6.45) is 1.76. The Bertz CT molecular complexity index is 308. The summed E-state index contributed by atoms with van der Waals surface area (Å²) in [5, 5.41) is 3.01. The smallest absolute Gasteiger partial charge is 0.133 e. The SMILES string of the molecule is C=C(C)c1cc(Br)cnc1NC.CC. The molecule has 0 saturated carbocycles. The predicted octanol–water partition coefficient (Wildman–Crippen LogP) is 3.95. The van der Waals surface area contributed by atoms with Crippen LogP contribution in [-0.2, 0) is 0 Å². The Kier molecular flexibility index (Phi) is 6.21. The highest BCUT2D eigenvalue weighted by Gasteiger charge is 2.02. The molecule has 0 aromatic carbocycles. The number of nitrogens with zero attached hydrogens (tertiary/aromatic N) is 1. The van der Waals surface area contributed by atoms with E-state index in [-0.39, 0.29) is 0 Å². The lowest BCUT2D eigenvalue weighted by Gasteiger charge is -2.07. The van der Waals surface area contributed by atoms with E-state index in [0.29, 0.717) is 0 Å². The van der Waals surface area contributed by atoms with Crippen molar-refractivity contribution in [2.45, 2.75) is 20.8 Å². The summed E-state index contributed by atoms with van der Waals surface area (Å²) in [7, 11) is 1.85. The minimum atomic E-state index is 0.866. The van der Waals surface area contributed by atoms with Crippen LogP contribution in [0.5, 0.6) is 0 Å². The van der Waals surface area contributed by atoms with Crippen LogP contribution in [0.4, 0.5) is 5.82 Å². The first kappa shape index (κ1) is 13.2. The highest BCUT2D eigenvalue weighted by Crippen LogP contribution is 2.23. The summed E-state index contributed by atoms with van der Waals surface area (Å²) in [6, 6.07) is 2.00. The van der Waals surface area contributed by atoms with Crippen molar-refractivity contribution in [2.75, 3.05) is 12.4 Å². The topological polar surface area (TPSA) is 24.9 Å². The first-order valence-electron chi connectivity index (χ1n) is 4.64. The molecule has 0 spiro atoms. The quantitative estimate of drug-likeness (QED) is 0.867. The molecule has 1 aromatic heterocycles. The monoisotopic (exact) mass is 256 g/mol. The average molecular weight is 257 g/mol. The minimum absolute atomic E-state index is 0.866. The Morgan fingerprint density at radius 3 is 2.50 bits per heavy atom. The van der Waals surface area contributed by atoms with Crippen molar-refractivity contribution < 1.29 is 0 Å². The zero-order valence-electron chi connectivity index (χ0n) is 9.19. The van der Waals surface area contributed by atoms with Crippen molar-refractivity contribution in [3.63, 3.8) is 0 Å². The fourth-order valence-electron chi connectivity index (χ4n) is 0.964. The molecule has 0 bridgehead atoms. The van der Waals surface area contributed by atoms with E-state index in [2.05, 4.69) is 32.8 Å². The standard InChI is InChI=1S/C9H11BrN2.C2H6/c1-6(2)8-4-7(10)5-12-9(8)11-3;1-2/h4-5H,1H2,2-3H3,(H,11,12);1-2H3. The molecule has 3 heteroatoms. The molecule has 0 aliphatic carbocycles. The Morgan fingerprint density at radius 2 is 2.07 bits per heavy atom. The number of nitrogens with one attached hydrogen (secondary N) is 1. The Balaban J connectivity index is 0.000000791. The van der Waals surface area contributed by atoms with Crippen molar-refractivity contribution >= 4 is 27.3 Å². The van der Waals surface area contributed by atoms with Crippen LogP contribution in [0.25, 0.3) is 5.57 Å². The van der Waals surface area contributed by atoms with Crippen molar-refractivity contribution in [3.8, 4) is 0 Å². The summed E-state index contributed by atoms with van der Waals surface area (Å²) in [6.45, 7) is 9.84. The maximum atomic E-state index is 4.20. The van der Waals surface area contributed by atoms with Crippen LogP contribution in [0.3, 0.4) is 0 Å². The number of halogens is 1. The number of pyridine rings is 1. The van der Waals surface area contributed by atoms with Gasteiger partial charge in [0.25, 0.3) is 0 Å². The van der Waals surface area contributed by atoms with Crippen LogP contribution in [0.15, 0.2) is 23.3 Å². The van der Waals surface area contributed by atoms with Crippen molar-refractivity contribution in [1.29, 1.82) is 0 Å². The molecule has 0 amide bonds. The highest BCUT2D eigenvalue weighted by atomic mass is 79.9. The third-order valence-electron chi connectivity index (χ3n) is 1.55. The van der Waals surface area contributed by atoms with Gasteiger partial charge in [-0.2, -0.15) is 0 Å². The van der Waals surface area contributed by atoms with Gasteiger partial charge in [0.15, 0.2) is 0 Å². The van der Waals surface area contributed by atoms with E-state index in [1.165, 1.54) is 0 Å². The van der Waals surface area contributed by atoms with E-state index in [0.717, 1.165) is 21.4 Å². The van der Waals surface area contributed by atoms with Gasteiger partial charge < -0.3 is 5.32 Å². The average Bonchev–Trinajstić information content (AvgIpc) is 2.20. The molecule has 0 fully saturated rings. The molecule has 1 heterocycles. The summed E-state index contributed by atoms with van der Waals surface area (Å²) in [5.74, 6) is 0.866. The van der Waals surface area contributed by atoms with E-state index in [9.17, 15) is 0 Å². The van der Waals surface area contributed by atoms with Crippen molar-refractivity contribution in [1.82, 2.24) is 4.98 Å². The lowest BCUT2D eigenvalue weighted by molar-refractivity contribution is 1.25. The first-order valence-corrected chi connectivity index (χ1v) is 5.43. The van der Waals surface area contributed by atoms with Gasteiger partial charge in [0.1, 0.15) is 5.82 Å². The molecule has 0 radical (unpaired) electrons. The molecule has 1 N–H and O–H groups in total. The predicted molar refractivity (Wildman–Crippen MR) is 67.5 cm³/mol. The Hall–Kier alpha value is -0.830. The van der Waals surface area contributed by atoms with Crippen molar-refractivity contribution in [3.05, 3.63) is 28.9 Å². The second-order valence-corrected chi connectivity index (χ2v) is 3.50. The highest BCUT2D eigenvalue weighted by molar-refractivity contribution is 9.10. The molecular weight excluding hydrogens is 240 g/mol. The van der Waals surface area contributed by atoms with Gasteiger partial charge in [-0.05, 0) is 34.5 Å². The summed E-state index contributed by atoms with van der Waals surface area (Å²) in [5.41, 5.74) is 2.06. The minimum Gasteiger partial charge on any atom is -0.373 e. The van der Waals surface area contributed by atoms with Gasteiger partial charge in [0.05, 0.1) is 0 Å². The Labute approximate surface area is 94.6 Å². The van der Waals surface area contributed by atoms with Gasteiger partial charge in [0.2, 0.25) is 0 Å². The number of aromatic nitrogens is 1. The Morgan fingerprint density at radius 1 is 1.50 bits per heavy atom. The lowest BCUT2D eigenvalue weighted by Crippen LogP contribution is -1.96. The number of hydrogen-bond acceptors (Lipinski definition) is 2. The number of rotatable bonds is 2. The molecule has 1 rings (SSSR count). The van der Waals surface area contributed by atoms with Gasteiger partial charge in [-0.3, -0.25) is 0 Å². The molecule has 0 saturated heterocycles. The maximum absolute atomic E-state index is 4.20. The van der Waals surface area contributed by atoms with Crippen LogP contribution in [0.2, 0.25) is 0 Å². The van der Waals surface area contributed by atoms with Gasteiger partial charge in [-0.1, -0.05) is 20.4 Å². The van der Waals surface area contributed by atoms with Crippen LogP contribution in [0, 0.1) is 0 Å². The van der Waals surface area contributed by atoms with Crippen LogP contribution < -0.4 is 5.32 Å². The van der Waals surface area contributed by atoms with E-state index >= 15 is 0 Å². The fraction of sp³-hybridized carbons (Fsp3) is 0.364. The van der Waals surface area contributed by atoms with Gasteiger partial charge in [-0.15, -0.1) is 0 Å². The zero-order valence-corrected chi connectivity index (χ0v) is 10.8. The maximum Gasteiger partial charge on any atom is 0.133 e. The van der Waals surface area contributed by atoms with E-state index in [1.807, 2.05) is 33.9 Å². The largest absolute Gasteiger partial charge is 0.373 e. The van der Waals surface area contributed by atoms with Crippen LogP contribution >= 0.6 is 15.9 Å². The lowest BCUT2D eigenvalue weighted by atomic mass is 10.1. The summed E-state index contributed by atoms with van der Waals surface area (Å²) in [4.78, 5) is 4.20. The van der Waals surface area contributed by atoms with E-state index < -0.39 is 0 Å². The third kappa shape index (κ3) is 3.50. The van der Waals surface area contributed by atoms with Crippen LogP contribution in [-0.4, -0.2) is 12.0 Å². The van der Waals surface area contributed by atoms with E-state index in [4.69, 9.17) is 0 Å². The second-order valence-electron chi connectivity index (χ2n) is 2.58. The van der Waals surface area contributed by atoms with Gasteiger partial charge >= 0.3 is 0 Å². The second kappa shape index (κ2) is 6.60. The number of allylic oxidation sites excluding steroid dienone is 1. The fourth-order valence-corrected chi connectivity index (χ4v) is 1.30. The number of hydrogen-bond donors (Lipinski definition) is 1. The molecular formula is C11H17BrN2. The molecule has 2 nitrogen and oxygen atoms in total. The molecule has 0 unspecified atom stereocenters. The third-order valence-corrected chi connectivity index (χ3v) is 1.98.